The molecule has 0 amide bonds. The van der Waals surface area contributed by atoms with Gasteiger partial charge in [-0.25, -0.2) is 4.98 Å². The standard InChI is InChI=1S/C17H13N3O/c18-12-16-19-15-9-5-4-8-14(15)17(21)20(16)11-10-13-6-2-1-3-7-13/h1-9H,10-11H2. The predicted octanol–water partition coefficient (Wildman–Crippen LogP) is 2.51. The monoisotopic (exact) mass is 275 g/mol. The van der Waals surface area contributed by atoms with E-state index in [1.54, 1.807) is 18.2 Å². The minimum absolute atomic E-state index is 0.159. The van der Waals surface area contributed by atoms with Gasteiger partial charge in [0.1, 0.15) is 6.07 Å². The summed E-state index contributed by atoms with van der Waals surface area (Å²) in [5, 5.41) is 9.77. The SMILES string of the molecule is N#Cc1nc2ccccc2c(=O)n1CCc1ccccc1. The fourth-order valence-corrected chi connectivity index (χ4v) is 2.35. The fraction of sp³-hybridized carbons (Fsp3) is 0.118. The number of fused-ring (bicyclic) bond motifs is 1. The van der Waals surface area contributed by atoms with Gasteiger partial charge in [0.15, 0.2) is 0 Å². The zero-order chi connectivity index (χ0) is 14.7. The van der Waals surface area contributed by atoms with E-state index in [4.69, 9.17) is 0 Å². The number of benzene rings is 2. The van der Waals surface area contributed by atoms with Gasteiger partial charge in [-0.05, 0) is 24.1 Å². The minimum Gasteiger partial charge on any atom is -0.283 e. The van der Waals surface area contributed by atoms with Gasteiger partial charge in [0.25, 0.3) is 5.56 Å². The Labute approximate surface area is 121 Å². The van der Waals surface area contributed by atoms with Gasteiger partial charge in [-0.15, -0.1) is 0 Å². The molecule has 0 saturated heterocycles. The van der Waals surface area contributed by atoms with Crippen molar-refractivity contribution in [1.29, 1.82) is 5.26 Å². The Morgan fingerprint density at radius 3 is 2.52 bits per heavy atom. The molecule has 0 aliphatic rings. The van der Waals surface area contributed by atoms with Gasteiger partial charge in [-0.3, -0.25) is 9.36 Å². The lowest BCUT2D eigenvalue weighted by Gasteiger charge is -2.09. The number of nitriles is 1. The molecule has 0 unspecified atom stereocenters. The van der Waals surface area contributed by atoms with Gasteiger partial charge in [0, 0.05) is 6.54 Å². The molecule has 3 rings (SSSR count). The van der Waals surface area contributed by atoms with Crippen molar-refractivity contribution in [3.63, 3.8) is 0 Å². The van der Waals surface area contributed by atoms with E-state index in [1.165, 1.54) is 4.57 Å². The van der Waals surface area contributed by atoms with Crippen LogP contribution < -0.4 is 5.56 Å². The summed E-state index contributed by atoms with van der Waals surface area (Å²) in [6.07, 6.45) is 0.690. The minimum atomic E-state index is -0.159. The van der Waals surface area contributed by atoms with Crippen LogP contribution in [0.2, 0.25) is 0 Å². The van der Waals surface area contributed by atoms with Crippen LogP contribution in [0.5, 0.6) is 0 Å². The summed E-state index contributed by atoms with van der Waals surface area (Å²) in [6, 6.07) is 19.0. The molecule has 0 aliphatic heterocycles. The summed E-state index contributed by atoms with van der Waals surface area (Å²) < 4.78 is 1.45. The first-order valence-corrected chi connectivity index (χ1v) is 6.73. The van der Waals surface area contributed by atoms with Crippen LogP contribution in [0.15, 0.2) is 59.4 Å². The molecule has 21 heavy (non-hydrogen) atoms. The molecule has 0 bridgehead atoms. The van der Waals surface area contributed by atoms with E-state index in [1.807, 2.05) is 42.5 Å². The Morgan fingerprint density at radius 1 is 1.05 bits per heavy atom. The van der Waals surface area contributed by atoms with Crippen LogP contribution in [0.3, 0.4) is 0 Å². The summed E-state index contributed by atoms with van der Waals surface area (Å²) in [7, 11) is 0. The lowest BCUT2D eigenvalue weighted by molar-refractivity contribution is 0.652. The van der Waals surface area contributed by atoms with Crippen molar-refractivity contribution in [3.8, 4) is 6.07 Å². The summed E-state index contributed by atoms with van der Waals surface area (Å²) in [5.74, 6) is 0.162. The number of hydrogen-bond donors (Lipinski definition) is 0. The number of para-hydroxylation sites is 1. The average Bonchev–Trinajstić information content (AvgIpc) is 2.55. The van der Waals surface area contributed by atoms with E-state index >= 15 is 0 Å². The summed E-state index contributed by atoms with van der Waals surface area (Å²) in [5.41, 5.74) is 1.53. The third-order valence-electron chi connectivity index (χ3n) is 3.43. The number of hydrogen-bond acceptors (Lipinski definition) is 3. The molecule has 4 nitrogen and oxygen atoms in total. The maximum atomic E-state index is 12.5. The summed E-state index contributed by atoms with van der Waals surface area (Å²) in [6.45, 7) is 0.448. The van der Waals surface area contributed by atoms with Gasteiger partial charge >= 0.3 is 0 Å². The first-order chi connectivity index (χ1) is 10.3. The van der Waals surface area contributed by atoms with Crippen LogP contribution in [-0.2, 0) is 13.0 Å². The zero-order valence-corrected chi connectivity index (χ0v) is 11.4. The number of rotatable bonds is 3. The molecule has 0 radical (unpaired) electrons. The average molecular weight is 275 g/mol. The van der Waals surface area contributed by atoms with E-state index in [0.29, 0.717) is 23.9 Å². The first-order valence-electron chi connectivity index (χ1n) is 6.73. The Bertz CT molecular complexity index is 876. The second kappa shape index (κ2) is 5.59. The molecular formula is C17H13N3O. The van der Waals surface area contributed by atoms with E-state index in [-0.39, 0.29) is 11.4 Å². The Kier molecular flexibility index (Phi) is 3.48. The molecule has 0 spiro atoms. The largest absolute Gasteiger partial charge is 0.283 e. The molecular weight excluding hydrogens is 262 g/mol. The van der Waals surface area contributed by atoms with Gasteiger partial charge in [-0.1, -0.05) is 42.5 Å². The van der Waals surface area contributed by atoms with Crippen molar-refractivity contribution < 1.29 is 0 Å². The van der Waals surface area contributed by atoms with Crippen LogP contribution in [0, 0.1) is 11.3 Å². The van der Waals surface area contributed by atoms with Crippen molar-refractivity contribution in [1.82, 2.24) is 9.55 Å². The molecule has 102 valence electrons. The number of aryl methyl sites for hydroxylation is 1. The highest BCUT2D eigenvalue weighted by atomic mass is 16.1. The molecule has 1 aromatic heterocycles. The Balaban J connectivity index is 2.03. The molecule has 4 heteroatoms. The van der Waals surface area contributed by atoms with Crippen molar-refractivity contribution in [3.05, 3.63) is 76.3 Å². The smallest absolute Gasteiger partial charge is 0.262 e. The van der Waals surface area contributed by atoms with E-state index < -0.39 is 0 Å². The first kappa shape index (κ1) is 13.1. The third kappa shape index (κ3) is 2.54. The lowest BCUT2D eigenvalue weighted by Crippen LogP contribution is -2.25. The van der Waals surface area contributed by atoms with Crippen molar-refractivity contribution in [2.45, 2.75) is 13.0 Å². The predicted molar refractivity (Wildman–Crippen MR) is 80.9 cm³/mol. The van der Waals surface area contributed by atoms with Crippen LogP contribution in [0.1, 0.15) is 11.4 Å². The van der Waals surface area contributed by atoms with Gasteiger partial charge in [0.2, 0.25) is 5.82 Å². The second-order valence-electron chi connectivity index (χ2n) is 4.76. The van der Waals surface area contributed by atoms with Crippen LogP contribution in [0.4, 0.5) is 0 Å². The maximum Gasteiger partial charge on any atom is 0.262 e. The molecule has 0 N–H and O–H groups in total. The fourth-order valence-electron chi connectivity index (χ4n) is 2.35. The highest BCUT2D eigenvalue weighted by Gasteiger charge is 2.10. The molecule has 2 aromatic carbocycles. The maximum absolute atomic E-state index is 12.5. The highest BCUT2D eigenvalue weighted by Crippen LogP contribution is 2.08. The molecule has 0 fully saturated rings. The number of nitrogens with zero attached hydrogens (tertiary/aromatic N) is 3. The second-order valence-corrected chi connectivity index (χ2v) is 4.76. The highest BCUT2D eigenvalue weighted by molar-refractivity contribution is 5.77. The van der Waals surface area contributed by atoms with E-state index in [9.17, 15) is 10.1 Å². The Hall–Kier alpha value is -2.93. The normalized spacial score (nSPS) is 10.4. The molecule has 1 heterocycles. The van der Waals surface area contributed by atoms with Crippen molar-refractivity contribution >= 4 is 10.9 Å². The Morgan fingerprint density at radius 2 is 1.76 bits per heavy atom. The quantitative estimate of drug-likeness (QED) is 0.738. The van der Waals surface area contributed by atoms with Crippen LogP contribution in [-0.4, -0.2) is 9.55 Å². The van der Waals surface area contributed by atoms with Gasteiger partial charge in [-0.2, -0.15) is 5.26 Å². The topological polar surface area (TPSA) is 58.7 Å². The summed E-state index contributed by atoms with van der Waals surface area (Å²) in [4.78, 5) is 16.8. The molecule has 3 aromatic rings. The van der Waals surface area contributed by atoms with Crippen LogP contribution >= 0.6 is 0 Å². The molecule has 0 atom stereocenters. The van der Waals surface area contributed by atoms with Gasteiger partial charge in [0.05, 0.1) is 10.9 Å². The van der Waals surface area contributed by atoms with Crippen molar-refractivity contribution in [2.24, 2.45) is 0 Å². The third-order valence-corrected chi connectivity index (χ3v) is 3.43. The zero-order valence-electron chi connectivity index (χ0n) is 11.4. The van der Waals surface area contributed by atoms with Gasteiger partial charge < -0.3 is 0 Å². The van der Waals surface area contributed by atoms with E-state index in [2.05, 4.69) is 4.98 Å². The molecule has 0 saturated carbocycles. The molecule has 0 aliphatic carbocycles. The number of aromatic nitrogens is 2. The summed E-state index contributed by atoms with van der Waals surface area (Å²) >= 11 is 0. The van der Waals surface area contributed by atoms with Crippen LogP contribution in [0.25, 0.3) is 10.9 Å². The van der Waals surface area contributed by atoms with Crippen molar-refractivity contribution in [2.75, 3.05) is 0 Å². The van der Waals surface area contributed by atoms with E-state index in [0.717, 1.165) is 5.56 Å². The lowest BCUT2D eigenvalue weighted by atomic mass is 10.1.